The van der Waals surface area contributed by atoms with Gasteiger partial charge in [-0.2, -0.15) is 0 Å². The molecule has 2 aliphatic heterocycles. The molecular weight excluding hydrogens is 406 g/mol. The Hall–Kier alpha value is -2.57. The fourth-order valence-corrected chi connectivity index (χ4v) is 4.90. The molecule has 6 heteroatoms. The molecule has 2 aliphatic rings. The van der Waals surface area contributed by atoms with Gasteiger partial charge in [0.1, 0.15) is 0 Å². The molecule has 2 aromatic rings. The molecule has 2 aromatic carbocycles. The summed E-state index contributed by atoms with van der Waals surface area (Å²) in [5, 5.41) is 5.94. The highest BCUT2D eigenvalue weighted by Crippen LogP contribution is 2.39. The molecule has 2 N–H and O–H groups in total. The first-order valence-electron chi connectivity index (χ1n) is 11.1. The Morgan fingerprint density at radius 1 is 1.06 bits per heavy atom. The van der Waals surface area contributed by atoms with E-state index in [-0.39, 0.29) is 11.8 Å². The van der Waals surface area contributed by atoms with E-state index >= 15 is 0 Å². The minimum atomic E-state index is -0.142. The number of likely N-dealkylation sites (tertiary alicyclic amines) is 1. The van der Waals surface area contributed by atoms with Gasteiger partial charge in [-0.15, -0.1) is 0 Å². The molecule has 2 heterocycles. The molecule has 2 amide bonds. The maximum Gasteiger partial charge on any atom is 0.262 e. The predicted molar refractivity (Wildman–Crippen MR) is 127 cm³/mol. The summed E-state index contributed by atoms with van der Waals surface area (Å²) in [7, 11) is 0. The van der Waals surface area contributed by atoms with Crippen molar-refractivity contribution in [3.05, 3.63) is 64.6 Å². The van der Waals surface area contributed by atoms with E-state index in [0.717, 1.165) is 23.4 Å². The number of hydrogen-bond donors (Lipinski definition) is 2. The Morgan fingerprint density at radius 2 is 1.84 bits per heavy atom. The number of benzene rings is 2. The SMILES string of the molecule is O=C1Nc2cc(C(=O)NCCCN3CCCCCC3)ccc2SC1=Cc1ccccc1. The van der Waals surface area contributed by atoms with Crippen LogP contribution in [-0.2, 0) is 4.79 Å². The molecule has 0 spiro atoms. The first-order chi connectivity index (χ1) is 15.2. The number of nitrogens with zero attached hydrogens (tertiary/aromatic N) is 1. The lowest BCUT2D eigenvalue weighted by Gasteiger charge is -2.20. The summed E-state index contributed by atoms with van der Waals surface area (Å²) in [5.74, 6) is -0.236. The Morgan fingerprint density at radius 3 is 2.61 bits per heavy atom. The zero-order valence-corrected chi connectivity index (χ0v) is 18.5. The number of nitrogens with one attached hydrogen (secondary N) is 2. The van der Waals surface area contributed by atoms with E-state index < -0.39 is 0 Å². The van der Waals surface area contributed by atoms with Crippen LogP contribution in [0.15, 0.2) is 58.3 Å². The van der Waals surface area contributed by atoms with E-state index in [1.165, 1.54) is 50.5 Å². The van der Waals surface area contributed by atoms with Crippen LogP contribution in [0.2, 0.25) is 0 Å². The van der Waals surface area contributed by atoms with Crippen LogP contribution in [0.3, 0.4) is 0 Å². The normalized spacial score (nSPS) is 18.2. The molecule has 0 aliphatic carbocycles. The average molecular weight is 436 g/mol. The van der Waals surface area contributed by atoms with Gasteiger partial charge in [-0.3, -0.25) is 9.59 Å². The molecule has 1 saturated heterocycles. The van der Waals surface area contributed by atoms with Crippen molar-refractivity contribution in [1.82, 2.24) is 10.2 Å². The minimum Gasteiger partial charge on any atom is -0.352 e. The first kappa shape index (κ1) is 21.7. The topological polar surface area (TPSA) is 61.4 Å². The molecule has 162 valence electrons. The Labute approximate surface area is 188 Å². The second kappa shape index (κ2) is 10.6. The van der Waals surface area contributed by atoms with E-state index in [2.05, 4.69) is 15.5 Å². The average Bonchev–Trinajstić information content (AvgIpc) is 3.06. The van der Waals surface area contributed by atoms with Crippen molar-refractivity contribution in [1.29, 1.82) is 0 Å². The highest BCUT2D eigenvalue weighted by molar-refractivity contribution is 8.04. The van der Waals surface area contributed by atoms with E-state index in [4.69, 9.17) is 0 Å². The van der Waals surface area contributed by atoms with Crippen LogP contribution < -0.4 is 10.6 Å². The van der Waals surface area contributed by atoms with Crippen LogP contribution in [-0.4, -0.2) is 42.9 Å². The molecule has 0 bridgehead atoms. The van der Waals surface area contributed by atoms with Crippen molar-refractivity contribution in [2.75, 3.05) is 31.5 Å². The van der Waals surface area contributed by atoms with Gasteiger partial charge < -0.3 is 15.5 Å². The zero-order chi connectivity index (χ0) is 21.5. The number of carbonyl (C=O) groups excluding carboxylic acids is 2. The molecule has 31 heavy (non-hydrogen) atoms. The quantitative estimate of drug-likeness (QED) is 0.507. The summed E-state index contributed by atoms with van der Waals surface area (Å²) < 4.78 is 0. The van der Waals surface area contributed by atoms with Crippen LogP contribution in [0, 0.1) is 0 Å². The number of anilines is 1. The van der Waals surface area contributed by atoms with Crippen LogP contribution in [0.4, 0.5) is 5.69 Å². The van der Waals surface area contributed by atoms with Crippen molar-refractivity contribution >= 4 is 35.3 Å². The molecule has 0 unspecified atom stereocenters. The molecular formula is C25H29N3O2S. The van der Waals surface area contributed by atoms with E-state index in [1.54, 1.807) is 6.07 Å². The third-order valence-corrected chi connectivity index (χ3v) is 6.77. The van der Waals surface area contributed by atoms with Gasteiger partial charge >= 0.3 is 0 Å². The maximum atomic E-state index is 12.6. The number of fused-ring (bicyclic) bond motifs is 1. The largest absolute Gasteiger partial charge is 0.352 e. The van der Waals surface area contributed by atoms with Crippen molar-refractivity contribution in [3.63, 3.8) is 0 Å². The summed E-state index contributed by atoms with van der Waals surface area (Å²) in [6, 6.07) is 15.3. The molecule has 4 rings (SSSR count). The highest BCUT2D eigenvalue weighted by Gasteiger charge is 2.22. The standard InChI is InChI=1S/C25H29N3O2S/c29-24(26-13-8-16-28-14-6-1-2-7-15-28)20-11-12-22-21(18-20)27-25(30)23(31-22)17-19-9-4-3-5-10-19/h3-5,9-12,17-18H,1-2,6-8,13-16H2,(H,26,29)(H,27,30). The predicted octanol–water partition coefficient (Wildman–Crippen LogP) is 4.77. The van der Waals surface area contributed by atoms with Crippen LogP contribution in [0.5, 0.6) is 0 Å². The van der Waals surface area contributed by atoms with Gasteiger partial charge in [0.15, 0.2) is 0 Å². The van der Waals surface area contributed by atoms with Crippen molar-refractivity contribution < 1.29 is 9.59 Å². The van der Waals surface area contributed by atoms with Gasteiger partial charge in [0.2, 0.25) is 0 Å². The second-order valence-corrected chi connectivity index (χ2v) is 9.14. The van der Waals surface area contributed by atoms with Gasteiger partial charge in [-0.1, -0.05) is 54.9 Å². The highest BCUT2D eigenvalue weighted by atomic mass is 32.2. The summed E-state index contributed by atoms with van der Waals surface area (Å²) >= 11 is 1.43. The molecule has 5 nitrogen and oxygen atoms in total. The van der Waals surface area contributed by atoms with Crippen molar-refractivity contribution in [3.8, 4) is 0 Å². The summed E-state index contributed by atoms with van der Waals surface area (Å²) in [6.07, 6.45) is 8.08. The Bertz CT molecular complexity index is 950. The molecule has 0 atom stereocenters. The van der Waals surface area contributed by atoms with Crippen LogP contribution in [0.25, 0.3) is 6.08 Å². The summed E-state index contributed by atoms with van der Waals surface area (Å²) in [4.78, 5) is 29.2. The molecule has 0 saturated carbocycles. The molecule has 0 radical (unpaired) electrons. The fraction of sp³-hybridized carbons (Fsp3) is 0.360. The van der Waals surface area contributed by atoms with Gasteiger partial charge in [-0.25, -0.2) is 0 Å². The number of rotatable bonds is 6. The lowest BCUT2D eigenvalue weighted by Crippen LogP contribution is -2.30. The minimum absolute atomic E-state index is 0.0939. The summed E-state index contributed by atoms with van der Waals surface area (Å²) in [5.41, 5.74) is 2.25. The number of carbonyl (C=O) groups is 2. The van der Waals surface area contributed by atoms with Crippen LogP contribution in [0.1, 0.15) is 48.0 Å². The zero-order valence-electron chi connectivity index (χ0n) is 17.7. The van der Waals surface area contributed by atoms with Gasteiger partial charge in [0, 0.05) is 17.0 Å². The van der Waals surface area contributed by atoms with E-state index in [0.29, 0.717) is 22.7 Å². The Kier molecular flexibility index (Phi) is 7.43. The van der Waals surface area contributed by atoms with Gasteiger partial charge in [-0.05, 0) is 68.7 Å². The molecule has 0 aromatic heterocycles. The Balaban J connectivity index is 1.32. The molecule has 1 fully saturated rings. The van der Waals surface area contributed by atoms with Crippen LogP contribution >= 0.6 is 11.8 Å². The summed E-state index contributed by atoms with van der Waals surface area (Å²) in [6.45, 7) is 4.05. The number of thioether (sulfide) groups is 1. The number of hydrogen-bond acceptors (Lipinski definition) is 4. The van der Waals surface area contributed by atoms with Gasteiger partial charge in [0.05, 0.1) is 10.6 Å². The smallest absolute Gasteiger partial charge is 0.262 e. The van der Waals surface area contributed by atoms with Crippen molar-refractivity contribution in [2.45, 2.75) is 37.0 Å². The lowest BCUT2D eigenvalue weighted by molar-refractivity contribution is -0.112. The fourth-order valence-electron chi connectivity index (χ4n) is 3.97. The van der Waals surface area contributed by atoms with E-state index in [9.17, 15) is 9.59 Å². The third-order valence-electron chi connectivity index (χ3n) is 5.67. The maximum absolute atomic E-state index is 12.6. The lowest BCUT2D eigenvalue weighted by atomic mass is 10.1. The third kappa shape index (κ3) is 5.99. The second-order valence-electron chi connectivity index (χ2n) is 8.05. The van der Waals surface area contributed by atoms with E-state index in [1.807, 2.05) is 48.5 Å². The van der Waals surface area contributed by atoms with Crippen molar-refractivity contribution in [2.24, 2.45) is 0 Å². The number of amides is 2. The monoisotopic (exact) mass is 435 g/mol. The van der Waals surface area contributed by atoms with Gasteiger partial charge in [0.25, 0.3) is 11.8 Å². The first-order valence-corrected chi connectivity index (χ1v) is 11.9.